The van der Waals surface area contributed by atoms with E-state index in [9.17, 15) is 0 Å². The summed E-state index contributed by atoms with van der Waals surface area (Å²) < 4.78 is 0. The highest BCUT2D eigenvalue weighted by atomic mass is 28.3. The van der Waals surface area contributed by atoms with E-state index in [1.54, 1.807) is 0 Å². The molecular weight excluding hydrogens is 681 g/mol. The lowest BCUT2D eigenvalue weighted by Gasteiger charge is -2.34. The van der Waals surface area contributed by atoms with Gasteiger partial charge in [-0.3, -0.25) is 4.98 Å². The van der Waals surface area contributed by atoms with Gasteiger partial charge in [0.1, 0.15) is 0 Å². The van der Waals surface area contributed by atoms with Crippen LogP contribution in [0, 0.1) is 0 Å². The van der Waals surface area contributed by atoms with E-state index in [0.717, 1.165) is 28.3 Å². The molecule has 3 heteroatoms. The van der Waals surface area contributed by atoms with Crippen LogP contribution in [-0.2, 0) is 5.41 Å². The minimum atomic E-state index is -2.60. The lowest BCUT2D eigenvalue weighted by Crippen LogP contribution is -2.74. The van der Waals surface area contributed by atoms with Crippen LogP contribution < -0.4 is 25.6 Å². The normalized spacial score (nSPS) is 13.1. The van der Waals surface area contributed by atoms with Gasteiger partial charge in [-0.1, -0.05) is 178 Å². The number of benzene rings is 8. The first kappa shape index (κ1) is 33.0. The maximum absolute atomic E-state index is 5.13. The minimum absolute atomic E-state index is 0.101. The van der Waals surface area contributed by atoms with Gasteiger partial charge in [-0.25, -0.2) is 0 Å². The summed E-state index contributed by atoms with van der Waals surface area (Å²) >= 11 is 0. The highest BCUT2D eigenvalue weighted by Gasteiger charge is 2.41. The molecule has 0 amide bonds. The number of anilines is 3. The molecule has 8 aromatic carbocycles. The van der Waals surface area contributed by atoms with Crippen LogP contribution in [0.1, 0.15) is 25.0 Å². The maximum Gasteiger partial charge on any atom is 0.179 e. The Morgan fingerprint density at radius 2 is 0.964 bits per heavy atom. The molecule has 0 unspecified atom stereocenters. The van der Waals surface area contributed by atoms with Crippen molar-refractivity contribution in [1.82, 2.24) is 4.98 Å². The highest BCUT2D eigenvalue weighted by Crippen LogP contribution is 2.51. The molecule has 2 nitrogen and oxygen atoms in total. The van der Waals surface area contributed by atoms with Gasteiger partial charge in [0.2, 0.25) is 0 Å². The van der Waals surface area contributed by atoms with Gasteiger partial charge in [-0.15, -0.1) is 0 Å². The molecule has 55 heavy (non-hydrogen) atoms. The molecule has 262 valence electrons. The minimum Gasteiger partial charge on any atom is -0.309 e. The van der Waals surface area contributed by atoms with Crippen LogP contribution in [-0.4, -0.2) is 13.1 Å². The van der Waals surface area contributed by atoms with Gasteiger partial charge in [0.05, 0.1) is 17.6 Å². The summed E-state index contributed by atoms with van der Waals surface area (Å²) in [5, 5.41) is 10.8. The van der Waals surface area contributed by atoms with Crippen molar-refractivity contribution >= 4 is 67.4 Å². The zero-order valence-electron chi connectivity index (χ0n) is 31.0. The Hall–Kier alpha value is -6.55. The van der Waals surface area contributed by atoms with Crippen molar-refractivity contribution in [2.75, 3.05) is 4.90 Å². The van der Waals surface area contributed by atoms with Crippen LogP contribution in [0.25, 0.3) is 32.8 Å². The van der Waals surface area contributed by atoms with Gasteiger partial charge in [0, 0.05) is 22.4 Å². The average molecular weight is 721 g/mol. The summed E-state index contributed by atoms with van der Waals surface area (Å²) in [5.74, 6) is 0. The Labute approximate surface area is 324 Å². The molecule has 0 atom stereocenters. The van der Waals surface area contributed by atoms with E-state index in [4.69, 9.17) is 4.98 Å². The topological polar surface area (TPSA) is 16.1 Å². The summed E-state index contributed by atoms with van der Waals surface area (Å²) in [6, 6.07) is 73.5. The Balaban J connectivity index is 1.06. The molecule has 1 aliphatic rings. The van der Waals surface area contributed by atoms with Crippen molar-refractivity contribution in [2.24, 2.45) is 0 Å². The third-order valence-electron chi connectivity index (χ3n) is 11.8. The van der Waals surface area contributed by atoms with Crippen molar-refractivity contribution in [3.8, 4) is 11.3 Å². The van der Waals surface area contributed by atoms with Crippen molar-refractivity contribution in [3.05, 3.63) is 218 Å². The molecular formula is C52H40N2Si. The first-order chi connectivity index (χ1) is 27.0. The molecule has 0 saturated carbocycles. The number of hydrogen-bond donors (Lipinski definition) is 0. The first-order valence-electron chi connectivity index (χ1n) is 19.1. The van der Waals surface area contributed by atoms with E-state index >= 15 is 0 Å². The monoisotopic (exact) mass is 720 g/mol. The fourth-order valence-corrected chi connectivity index (χ4v) is 13.9. The Morgan fingerprint density at radius 3 is 1.55 bits per heavy atom. The smallest absolute Gasteiger partial charge is 0.179 e. The third kappa shape index (κ3) is 5.26. The predicted octanol–water partition coefficient (Wildman–Crippen LogP) is 10.5. The van der Waals surface area contributed by atoms with Crippen molar-refractivity contribution in [3.63, 3.8) is 0 Å². The zero-order chi connectivity index (χ0) is 37.0. The lowest BCUT2D eigenvalue weighted by atomic mass is 9.81. The average Bonchev–Trinajstić information content (AvgIpc) is 3.49. The fraction of sp³-hybridized carbons (Fsp3) is 0.0577. The molecule has 10 rings (SSSR count). The van der Waals surface area contributed by atoms with Gasteiger partial charge in [-0.2, -0.15) is 0 Å². The van der Waals surface area contributed by atoms with E-state index in [1.807, 2.05) is 6.20 Å². The van der Waals surface area contributed by atoms with Crippen molar-refractivity contribution in [1.29, 1.82) is 0 Å². The van der Waals surface area contributed by atoms with Crippen LogP contribution in [0.15, 0.2) is 206 Å². The summed E-state index contributed by atoms with van der Waals surface area (Å²) in [7, 11) is -2.60. The lowest BCUT2D eigenvalue weighted by molar-refractivity contribution is 0.663. The van der Waals surface area contributed by atoms with Crippen LogP contribution in [0.3, 0.4) is 0 Å². The zero-order valence-corrected chi connectivity index (χ0v) is 32.0. The number of aromatic nitrogens is 1. The second kappa shape index (κ2) is 13.1. The molecule has 1 heterocycles. The molecule has 0 spiro atoms. The molecule has 0 fully saturated rings. The van der Waals surface area contributed by atoms with Crippen LogP contribution in [0.4, 0.5) is 17.1 Å². The fourth-order valence-electron chi connectivity index (χ4n) is 9.18. The third-order valence-corrected chi connectivity index (χ3v) is 16.6. The number of pyridine rings is 1. The van der Waals surface area contributed by atoms with Gasteiger partial charge in [0.25, 0.3) is 0 Å². The van der Waals surface area contributed by atoms with E-state index in [-0.39, 0.29) is 5.41 Å². The van der Waals surface area contributed by atoms with E-state index in [2.05, 4.69) is 219 Å². The number of hydrogen-bond acceptors (Lipinski definition) is 2. The second-order valence-electron chi connectivity index (χ2n) is 15.2. The Bertz CT molecular complexity index is 2700. The van der Waals surface area contributed by atoms with Crippen molar-refractivity contribution < 1.29 is 0 Å². The van der Waals surface area contributed by atoms with Gasteiger partial charge >= 0.3 is 0 Å². The molecule has 1 aromatic heterocycles. The van der Waals surface area contributed by atoms with Crippen LogP contribution >= 0.6 is 0 Å². The molecule has 0 N–H and O–H groups in total. The summed E-state index contributed by atoms with van der Waals surface area (Å²) in [6.45, 7) is 4.72. The number of nitrogens with zero attached hydrogens (tertiary/aromatic N) is 2. The molecule has 0 aliphatic heterocycles. The number of para-hydroxylation sites is 1. The standard InChI is InChI=1S/C52H40N2Si/c1-52(2)47-25-15-16-38-26-27-39-34-42(35-48(52)51(39)50(38)47)54(40-17-7-3-8-18-40)41-30-33-49(53-36-41)37-28-31-46(32-29-37)55(43-19-9-4-10-20-43,44-21-11-5-12-22-44)45-23-13-6-14-24-45/h3-36H,1-2H3. The van der Waals surface area contributed by atoms with Crippen LogP contribution in [0.2, 0.25) is 0 Å². The second-order valence-corrected chi connectivity index (χ2v) is 19.0. The highest BCUT2D eigenvalue weighted by molar-refractivity contribution is 7.19. The molecule has 0 bridgehead atoms. The van der Waals surface area contributed by atoms with Gasteiger partial charge in [-0.05, 0) is 89.8 Å². The van der Waals surface area contributed by atoms with Crippen LogP contribution in [0.5, 0.6) is 0 Å². The van der Waals surface area contributed by atoms with E-state index < -0.39 is 8.07 Å². The SMILES string of the molecule is CC1(C)c2cccc3ccc4cc(N(c5ccccc5)c5ccc(-c6ccc([Si](c7ccccc7)(c7ccccc7)c7ccccc7)cc6)nc5)cc1c4c23. The van der Waals surface area contributed by atoms with E-state index in [1.165, 1.54) is 53.4 Å². The quantitative estimate of drug-likeness (QED) is 0.0883. The molecule has 0 saturated heterocycles. The number of rotatable bonds is 8. The molecule has 9 aromatic rings. The summed E-state index contributed by atoms with van der Waals surface area (Å²) in [5.41, 5.74) is 7.99. The largest absolute Gasteiger partial charge is 0.309 e. The predicted molar refractivity (Wildman–Crippen MR) is 235 cm³/mol. The molecule has 0 radical (unpaired) electrons. The van der Waals surface area contributed by atoms with Gasteiger partial charge in [0.15, 0.2) is 8.07 Å². The maximum atomic E-state index is 5.13. The summed E-state index contributed by atoms with van der Waals surface area (Å²) in [6.07, 6.45) is 2.03. The van der Waals surface area contributed by atoms with Gasteiger partial charge < -0.3 is 4.90 Å². The summed E-state index contributed by atoms with van der Waals surface area (Å²) in [4.78, 5) is 7.47. The molecule has 1 aliphatic carbocycles. The Morgan fingerprint density at radius 1 is 0.418 bits per heavy atom. The Kier molecular flexibility index (Phi) is 7.86. The first-order valence-corrected chi connectivity index (χ1v) is 21.1. The van der Waals surface area contributed by atoms with E-state index in [0.29, 0.717) is 0 Å². The van der Waals surface area contributed by atoms with Crippen molar-refractivity contribution in [2.45, 2.75) is 19.3 Å².